The average molecular weight is 228 g/mol. The van der Waals surface area contributed by atoms with Gasteiger partial charge in [0.15, 0.2) is 0 Å². The van der Waals surface area contributed by atoms with Crippen molar-refractivity contribution in [3.8, 4) is 0 Å². The second-order valence-electron chi connectivity index (χ2n) is 6.00. The Morgan fingerprint density at radius 2 is 1.62 bits per heavy atom. The normalized spacial score (nSPS) is 29.6. The van der Waals surface area contributed by atoms with Gasteiger partial charge >= 0.3 is 0 Å². The van der Waals surface area contributed by atoms with Gasteiger partial charge < -0.3 is 4.74 Å². The molecule has 0 aromatic rings. The summed E-state index contributed by atoms with van der Waals surface area (Å²) < 4.78 is 5.18. The molecule has 3 nitrogen and oxygen atoms in total. The van der Waals surface area contributed by atoms with Gasteiger partial charge in [-0.2, -0.15) is 0 Å². The monoisotopic (exact) mass is 228 g/mol. The summed E-state index contributed by atoms with van der Waals surface area (Å²) in [6.45, 7) is 15.8. The van der Waals surface area contributed by atoms with Gasteiger partial charge in [-0.15, -0.1) is 0 Å². The summed E-state index contributed by atoms with van der Waals surface area (Å²) >= 11 is 0. The van der Waals surface area contributed by atoms with Crippen LogP contribution in [0.25, 0.3) is 0 Å². The molecule has 1 saturated heterocycles. The van der Waals surface area contributed by atoms with Gasteiger partial charge in [0.2, 0.25) is 0 Å². The standard InChI is InChI=1S/C13H28N2O/c1-11-9-14(13(3,4)5)10-12(2)15(11)7-8-16-6/h11-12H,7-10H2,1-6H3/t11-,12+. The molecule has 96 valence electrons. The van der Waals surface area contributed by atoms with Crippen LogP contribution in [0.4, 0.5) is 0 Å². The molecule has 3 heteroatoms. The summed E-state index contributed by atoms with van der Waals surface area (Å²) in [7, 11) is 1.78. The molecule has 1 aliphatic rings. The molecule has 1 aliphatic heterocycles. The Bertz CT molecular complexity index is 200. The highest BCUT2D eigenvalue weighted by molar-refractivity contribution is 4.90. The maximum atomic E-state index is 5.18. The third-order valence-electron chi connectivity index (χ3n) is 3.60. The van der Waals surface area contributed by atoms with Crippen LogP contribution >= 0.6 is 0 Å². The molecule has 0 aromatic carbocycles. The van der Waals surface area contributed by atoms with Crippen molar-refractivity contribution in [3.05, 3.63) is 0 Å². The lowest BCUT2D eigenvalue weighted by atomic mass is 9.99. The fourth-order valence-corrected chi connectivity index (χ4v) is 2.54. The van der Waals surface area contributed by atoms with E-state index in [0.717, 1.165) is 26.2 Å². The Labute approximate surface area is 101 Å². The lowest BCUT2D eigenvalue weighted by Crippen LogP contribution is -2.61. The van der Waals surface area contributed by atoms with Crippen LogP contribution in [0.2, 0.25) is 0 Å². The third-order valence-corrected chi connectivity index (χ3v) is 3.60. The second-order valence-corrected chi connectivity index (χ2v) is 6.00. The second kappa shape index (κ2) is 5.48. The molecule has 0 saturated carbocycles. The van der Waals surface area contributed by atoms with E-state index >= 15 is 0 Å². The van der Waals surface area contributed by atoms with E-state index in [0.29, 0.717) is 12.1 Å². The molecule has 0 aromatic heterocycles. The van der Waals surface area contributed by atoms with Crippen molar-refractivity contribution in [2.45, 2.75) is 52.2 Å². The topological polar surface area (TPSA) is 15.7 Å². The number of ether oxygens (including phenoxy) is 1. The fraction of sp³-hybridized carbons (Fsp3) is 1.00. The molecule has 0 bridgehead atoms. The van der Waals surface area contributed by atoms with Gasteiger partial charge in [0.25, 0.3) is 0 Å². The summed E-state index contributed by atoms with van der Waals surface area (Å²) in [5.74, 6) is 0. The van der Waals surface area contributed by atoms with E-state index in [9.17, 15) is 0 Å². The Balaban J connectivity index is 2.57. The predicted octanol–water partition coefficient (Wildman–Crippen LogP) is 1.83. The lowest BCUT2D eigenvalue weighted by Gasteiger charge is -2.49. The van der Waals surface area contributed by atoms with E-state index in [1.807, 2.05) is 0 Å². The zero-order valence-corrected chi connectivity index (χ0v) is 11.8. The smallest absolute Gasteiger partial charge is 0.0589 e. The first-order valence-electron chi connectivity index (χ1n) is 6.36. The molecule has 0 N–H and O–H groups in total. The van der Waals surface area contributed by atoms with Gasteiger partial charge in [-0.05, 0) is 34.6 Å². The lowest BCUT2D eigenvalue weighted by molar-refractivity contribution is -0.0152. The summed E-state index contributed by atoms with van der Waals surface area (Å²) in [6, 6.07) is 1.25. The van der Waals surface area contributed by atoms with Crippen LogP contribution in [-0.4, -0.2) is 60.8 Å². The molecule has 2 atom stereocenters. The predicted molar refractivity (Wildman–Crippen MR) is 68.8 cm³/mol. The summed E-state index contributed by atoms with van der Waals surface area (Å²) in [4.78, 5) is 5.15. The molecule has 0 radical (unpaired) electrons. The van der Waals surface area contributed by atoms with Crippen LogP contribution in [0.3, 0.4) is 0 Å². The highest BCUT2D eigenvalue weighted by Crippen LogP contribution is 2.22. The zero-order valence-electron chi connectivity index (χ0n) is 11.8. The van der Waals surface area contributed by atoms with Crippen molar-refractivity contribution in [1.82, 2.24) is 9.80 Å². The summed E-state index contributed by atoms with van der Waals surface area (Å²) in [5, 5.41) is 0. The van der Waals surface area contributed by atoms with Gasteiger partial charge in [0.1, 0.15) is 0 Å². The molecule has 1 heterocycles. The third kappa shape index (κ3) is 3.44. The number of hydrogen-bond acceptors (Lipinski definition) is 3. The molecule has 0 aliphatic carbocycles. The molecular formula is C13H28N2O. The van der Waals surface area contributed by atoms with Crippen LogP contribution in [-0.2, 0) is 4.74 Å². The van der Waals surface area contributed by atoms with Crippen LogP contribution in [0.15, 0.2) is 0 Å². The molecule has 1 fully saturated rings. The first-order valence-corrected chi connectivity index (χ1v) is 6.36. The highest BCUT2D eigenvalue weighted by Gasteiger charge is 2.33. The number of hydrogen-bond donors (Lipinski definition) is 0. The van der Waals surface area contributed by atoms with Crippen molar-refractivity contribution in [2.75, 3.05) is 33.4 Å². The van der Waals surface area contributed by atoms with Crippen molar-refractivity contribution in [2.24, 2.45) is 0 Å². The number of methoxy groups -OCH3 is 1. The van der Waals surface area contributed by atoms with Gasteiger partial charge in [-0.25, -0.2) is 0 Å². The van der Waals surface area contributed by atoms with E-state index in [-0.39, 0.29) is 5.54 Å². The van der Waals surface area contributed by atoms with E-state index < -0.39 is 0 Å². The highest BCUT2D eigenvalue weighted by atomic mass is 16.5. The quantitative estimate of drug-likeness (QED) is 0.733. The Hall–Kier alpha value is -0.120. The minimum Gasteiger partial charge on any atom is -0.383 e. The number of nitrogens with zero attached hydrogens (tertiary/aromatic N) is 2. The molecular weight excluding hydrogens is 200 g/mol. The fourth-order valence-electron chi connectivity index (χ4n) is 2.54. The SMILES string of the molecule is COCCN1[C@H](C)CN(C(C)(C)C)C[C@@H]1C. The van der Waals surface area contributed by atoms with Gasteiger partial charge in [-0.3, -0.25) is 9.80 Å². The minimum absolute atomic E-state index is 0.288. The van der Waals surface area contributed by atoms with Crippen molar-refractivity contribution < 1.29 is 4.74 Å². The summed E-state index contributed by atoms with van der Waals surface area (Å²) in [5.41, 5.74) is 0.288. The van der Waals surface area contributed by atoms with E-state index in [1.165, 1.54) is 0 Å². The zero-order chi connectivity index (χ0) is 12.3. The Kier molecular flexibility index (Phi) is 4.77. The molecule has 0 unspecified atom stereocenters. The van der Waals surface area contributed by atoms with Crippen molar-refractivity contribution >= 4 is 0 Å². The van der Waals surface area contributed by atoms with Gasteiger partial charge in [0, 0.05) is 44.4 Å². The van der Waals surface area contributed by atoms with Crippen LogP contribution in [0.1, 0.15) is 34.6 Å². The van der Waals surface area contributed by atoms with Crippen LogP contribution in [0.5, 0.6) is 0 Å². The number of piperazine rings is 1. The molecule has 0 spiro atoms. The van der Waals surface area contributed by atoms with E-state index in [2.05, 4.69) is 44.4 Å². The van der Waals surface area contributed by atoms with Crippen molar-refractivity contribution in [1.29, 1.82) is 0 Å². The largest absolute Gasteiger partial charge is 0.383 e. The molecule has 16 heavy (non-hydrogen) atoms. The first-order chi connectivity index (χ1) is 7.36. The minimum atomic E-state index is 0.288. The molecule has 0 amide bonds. The maximum absolute atomic E-state index is 5.18. The van der Waals surface area contributed by atoms with Gasteiger partial charge in [-0.1, -0.05) is 0 Å². The number of rotatable bonds is 3. The van der Waals surface area contributed by atoms with Crippen LogP contribution in [0, 0.1) is 0 Å². The first kappa shape index (κ1) is 13.9. The maximum Gasteiger partial charge on any atom is 0.0589 e. The Morgan fingerprint density at radius 1 is 1.12 bits per heavy atom. The van der Waals surface area contributed by atoms with E-state index in [4.69, 9.17) is 4.74 Å². The Morgan fingerprint density at radius 3 is 2.00 bits per heavy atom. The van der Waals surface area contributed by atoms with E-state index in [1.54, 1.807) is 7.11 Å². The molecule has 1 rings (SSSR count). The van der Waals surface area contributed by atoms with Crippen LogP contribution < -0.4 is 0 Å². The van der Waals surface area contributed by atoms with Crippen molar-refractivity contribution in [3.63, 3.8) is 0 Å². The average Bonchev–Trinajstić information content (AvgIpc) is 2.15. The summed E-state index contributed by atoms with van der Waals surface area (Å²) in [6.07, 6.45) is 0. The van der Waals surface area contributed by atoms with Gasteiger partial charge in [0.05, 0.1) is 6.61 Å².